The summed E-state index contributed by atoms with van der Waals surface area (Å²) < 4.78 is 0. The van der Waals surface area contributed by atoms with Gasteiger partial charge in [0.25, 0.3) is 0 Å². The molecule has 2 aliphatic heterocycles. The van der Waals surface area contributed by atoms with Gasteiger partial charge >= 0.3 is 0 Å². The summed E-state index contributed by atoms with van der Waals surface area (Å²) in [5.41, 5.74) is 2.68. The normalized spacial score (nSPS) is 20.8. The van der Waals surface area contributed by atoms with Crippen molar-refractivity contribution in [3.63, 3.8) is 0 Å². The number of hydrogen-bond acceptors (Lipinski definition) is 3. The molecule has 0 N–H and O–H groups in total. The summed E-state index contributed by atoms with van der Waals surface area (Å²) in [6, 6.07) is 6.64. The maximum absolute atomic E-state index is 6.41. The highest BCUT2D eigenvalue weighted by atomic mass is 35.5. The standard InChI is InChI=1S/C20H32ClN3/c1-17(2)15-22-8-10-23(11-9-22)16-18-12-19(21)14-20(13-18)24-6-4-3-5-7-24/h12-14,17H,3-11,15-16H2,1-2H3. The lowest BCUT2D eigenvalue weighted by atomic mass is 10.1. The highest BCUT2D eigenvalue weighted by Gasteiger charge is 2.18. The summed E-state index contributed by atoms with van der Waals surface area (Å²) in [6.45, 7) is 13.9. The second-order valence-electron chi connectivity index (χ2n) is 7.84. The number of anilines is 1. The molecule has 2 saturated heterocycles. The first-order valence-electron chi connectivity index (χ1n) is 9.59. The lowest BCUT2D eigenvalue weighted by Crippen LogP contribution is -2.46. The number of rotatable bonds is 5. The Morgan fingerprint density at radius 1 is 0.875 bits per heavy atom. The van der Waals surface area contributed by atoms with Crippen molar-refractivity contribution in [3.05, 3.63) is 28.8 Å². The van der Waals surface area contributed by atoms with Gasteiger partial charge in [-0.05, 0) is 48.9 Å². The van der Waals surface area contributed by atoms with Crippen LogP contribution in [0.3, 0.4) is 0 Å². The Labute approximate surface area is 152 Å². The summed E-state index contributed by atoms with van der Waals surface area (Å²) in [7, 11) is 0. The van der Waals surface area contributed by atoms with Gasteiger partial charge in [0.1, 0.15) is 0 Å². The van der Waals surface area contributed by atoms with E-state index in [1.807, 2.05) is 0 Å². The van der Waals surface area contributed by atoms with E-state index in [1.54, 1.807) is 0 Å². The molecule has 24 heavy (non-hydrogen) atoms. The van der Waals surface area contributed by atoms with Crippen molar-refractivity contribution in [3.8, 4) is 0 Å². The van der Waals surface area contributed by atoms with Crippen molar-refractivity contribution in [2.24, 2.45) is 5.92 Å². The van der Waals surface area contributed by atoms with Crippen LogP contribution < -0.4 is 4.90 Å². The Balaban J connectivity index is 1.58. The third-order valence-corrected chi connectivity index (χ3v) is 5.38. The van der Waals surface area contributed by atoms with Crippen molar-refractivity contribution >= 4 is 17.3 Å². The molecule has 2 heterocycles. The zero-order chi connectivity index (χ0) is 16.9. The fourth-order valence-electron chi connectivity index (χ4n) is 3.96. The minimum absolute atomic E-state index is 0.761. The first-order valence-corrected chi connectivity index (χ1v) is 9.97. The summed E-state index contributed by atoms with van der Waals surface area (Å²) in [6.07, 6.45) is 3.98. The Morgan fingerprint density at radius 3 is 2.21 bits per heavy atom. The van der Waals surface area contributed by atoms with Crippen LogP contribution in [0.25, 0.3) is 0 Å². The van der Waals surface area contributed by atoms with E-state index in [2.05, 4.69) is 46.7 Å². The SMILES string of the molecule is CC(C)CN1CCN(Cc2cc(Cl)cc(N3CCCCC3)c2)CC1. The monoisotopic (exact) mass is 349 g/mol. The van der Waals surface area contributed by atoms with Crippen molar-refractivity contribution in [1.29, 1.82) is 0 Å². The van der Waals surface area contributed by atoms with Crippen molar-refractivity contribution in [1.82, 2.24) is 9.80 Å². The number of benzene rings is 1. The summed E-state index contributed by atoms with van der Waals surface area (Å²) in [5.74, 6) is 0.761. The third-order valence-electron chi connectivity index (χ3n) is 5.16. The molecule has 3 rings (SSSR count). The molecule has 0 radical (unpaired) electrons. The molecule has 3 nitrogen and oxygen atoms in total. The fourth-order valence-corrected chi connectivity index (χ4v) is 4.22. The molecule has 2 aliphatic rings. The number of hydrogen-bond donors (Lipinski definition) is 0. The highest BCUT2D eigenvalue weighted by molar-refractivity contribution is 6.30. The molecule has 0 bridgehead atoms. The van der Waals surface area contributed by atoms with Crippen LogP contribution in [0.4, 0.5) is 5.69 Å². The van der Waals surface area contributed by atoms with Crippen LogP contribution in [0.15, 0.2) is 18.2 Å². The maximum atomic E-state index is 6.41. The van der Waals surface area contributed by atoms with Crippen LogP contribution in [0.2, 0.25) is 5.02 Å². The maximum Gasteiger partial charge on any atom is 0.0429 e. The van der Waals surface area contributed by atoms with Gasteiger partial charge in [-0.25, -0.2) is 0 Å². The lowest BCUT2D eigenvalue weighted by Gasteiger charge is -2.36. The topological polar surface area (TPSA) is 9.72 Å². The quantitative estimate of drug-likeness (QED) is 0.792. The Morgan fingerprint density at radius 2 is 1.54 bits per heavy atom. The lowest BCUT2D eigenvalue weighted by molar-refractivity contribution is 0.117. The largest absolute Gasteiger partial charge is 0.371 e. The van der Waals surface area contributed by atoms with Gasteiger partial charge in [0.05, 0.1) is 0 Å². The van der Waals surface area contributed by atoms with Crippen LogP contribution in [-0.4, -0.2) is 55.6 Å². The molecule has 0 unspecified atom stereocenters. The van der Waals surface area contributed by atoms with E-state index in [-0.39, 0.29) is 0 Å². The predicted octanol–water partition coefficient (Wildman–Crippen LogP) is 4.10. The smallest absolute Gasteiger partial charge is 0.0429 e. The molecule has 1 aromatic rings. The molecule has 0 aliphatic carbocycles. The van der Waals surface area contributed by atoms with Crippen LogP contribution in [0.1, 0.15) is 38.7 Å². The molecule has 0 spiro atoms. The molecule has 0 atom stereocenters. The van der Waals surface area contributed by atoms with Crippen molar-refractivity contribution in [2.45, 2.75) is 39.7 Å². The molecular formula is C20H32ClN3. The van der Waals surface area contributed by atoms with E-state index in [4.69, 9.17) is 11.6 Å². The molecule has 134 valence electrons. The summed E-state index contributed by atoms with van der Waals surface area (Å²) in [5, 5.41) is 0.881. The first-order chi connectivity index (χ1) is 11.6. The van der Waals surface area contributed by atoms with Gasteiger partial charge in [0.2, 0.25) is 0 Å². The number of piperazine rings is 1. The first kappa shape index (κ1) is 18.0. The minimum Gasteiger partial charge on any atom is -0.371 e. The average molecular weight is 350 g/mol. The molecule has 4 heteroatoms. The predicted molar refractivity (Wildman–Crippen MR) is 104 cm³/mol. The van der Waals surface area contributed by atoms with Crippen LogP contribution in [0.5, 0.6) is 0 Å². The molecule has 0 saturated carbocycles. The van der Waals surface area contributed by atoms with Gasteiger partial charge in [0.15, 0.2) is 0 Å². The van der Waals surface area contributed by atoms with Gasteiger partial charge in [-0.3, -0.25) is 4.90 Å². The van der Waals surface area contributed by atoms with Gasteiger partial charge in [-0.2, -0.15) is 0 Å². The summed E-state index contributed by atoms with van der Waals surface area (Å²) >= 11 is 6.41. The van der Waals surface area contributed by atoms with Gasteiger partial charge in [0, 0.05) is 63.1 Å². The van der Waals surface area contributed by atoms with E-state index in [0.717, 1.165) is 30.6 Å². The van der Waals surface area contributed by atoms with Crippen molar-refractivity contribution < 1.29 is 0 Å². The molecule has 1 aromatic carbocycles. The molecule has 0 aromatic heterocycles. The van der Waals surface area contributed by atoms with Crippen LogP contribution in [-0.2, 0) is 6.54 Å². The van der Waals surface area contributed by atoms with E-state index in [0.29, 0.717) is 0 Å². The Hall–Kier alpha value is -0.770. The van der Waals surface area contributed by atoms with Crippen LogP contribution in [0, 0.1) is 5.92 Å². The van der Waals surface area contributed by atoms with E-state index in [9.17, 15) is 0 Å². The molecular weight excluding hydrogens is 318 g/mol. The molecule has 0 amide bonds. The van der Waals surface area contributed by atoms with Crippen LogP contribution >= 0.6 is 11.6 Å². The van der Waals surface area contributed by atoms with Crippen molar-refractivity contribution in [2.75, 3.05) is 50.7 Å². The van der Waals surface area contributed by atoms with E-state index >= 15 is 0 Å². The second-order valence-corrected chi connectivity index (χ2v) is 8.27. The Bertz CT molecular complexity index is 518. The van der Waals surface area contributed by atoms with E-state index < -0.39 is 0 Å². The fraction of sp³-hybridized carbons (Fsp3) is 0.700. The number of piperidine rings is 1. The zero-order valence-corrected chi connectivity index (χ0v) is 16.1. The number of nitrogens with zero attached hydrogens (tertiary/aromatic N) is 3. The third kappa shape index (κ3) is 5.11. The van der Waals surface area contributed by atoms with Gasteiger partial charge in [-0.1, -0.05) is 25.4 Å². The average Bonchev–Trinajstić information content (AvgIpc) is 2.56. The van der Waals surface area contributed by atoms with Gasteiger partial charge < -0.3 is 9.80 Å². The second kappa shape index (κ2) is 8.55. The Kier molecular flexibility index (Phi) is 6.43. The zero-order valence-electron chi connectivity index (χ0n) is 15.3. The highest BCUT2D eigenvalue weighted by Crippen LogP contribution is 2.26. The molecule has 2 fully saturated rings. The van der Waals surface area contributed by atoms with Gasteiger partial charge in [-0.15, -0.1) is 0 Å². The summed E-state index contributed by atoms with van der Waals surface area (Å²) in [4.78, 5) is 7.67. The number of halogens is 1. The minimum atomic E-state index is 0.761. The van der Waals surface area contributed by atoms with E-state index in [1.165, 1.54) is 63.2 Å².